The molecule has 3 heteroatoms. The summed E-state index contributed by atoms with van der Waals surface area (Å²) >= 11 is 5.51. The van der Waals surface area contributed by atoms with Crippen LogP contribution < -0.4 is 5.32 Å². The van der Waals surface area contributed by atoms with Crippen LogP contribution in [0.3, 0.4) is 0 Å². The van der Waals surface area contributed by atoms with Crippen molar-refractivity contribution in [2.45, 2.75) is 67.5 Å². The largest absolute Gasteiger partial charge is 0.359 e. The number of rotatable bonds is 5. The Bertz CT molecular complexity index is 292. The highest BCUT2D eigenvalue weighted by Crippen LogP contribution is 2.14. The molecule has 0 radical (unpaired) electrons. The van der Waals surface area contributed by atoms with Gasteiger partial charge in [-0.2, -0.15) is 0 Å². The van der Waals surface area contributed by atoms with Gasteiger partial charge in [-0.25, -0.2) is 0 Å². The highest BCUT2D eigenvalue weighted by Gasteiger charge is 2.17. The molecule has 2 nitrogen and oxygen atoms in total. The first kappa shape index (κ1) is 17.4. The van der Waals surface area contributed by atoms with Gasteiger partial charge in [-0.3, -0.25) is 0 Å². The third-order valence-corrected chi connectivity index (χ3v) is 3.47. The van der Waals surface area contributed by atoms with Gasteiger partial charge in [0, 0.05) is 18.6 Å². The van der Waals surface area contributed by atoms with Gasteiger partial charge in [-0.05, 0) is 65.3 Å². The van der Waals surface area contributed by atoms with E-state index in [4.69, 9.17) is 12.2 Å². The molecular formula is C15H30N2S. The predicted molar refractivity (Wildman–Crippen MR) is 85.9 cm³/mol. The lowest BCUT2D eigenvalue weighted by Crippen LogP contribution is -2.48. The Morgan fingerprint density at radius 1 is 1.00 bits per heavy atom. The fourth-order valence-electron chi connectivity index (χ4n) is 2.29. The van der Waals surface area contributed by atoms with Crippen molar-refractivity contribution >= 4 is 17.3 Å². The van der Waals surface area contributed by atoms with Crippen LogP contribution in [-0.2, 0) is 0 Å². The van der Waals surface area contributed by atoms with Gasteiger partial charge >= 0.3 is 0 Å². The summed E-state index contributed by atoms with van der Waals surface area (Å²) in [6.45, 7) is 18.4. The smallest absolute Gasteiger partial charge is 0.169 e. The van der Waals surface area contributed by atoms with Crippen molar-refractivity contribution in [3.63, 3.8) is 0 Å². The molecule has 0 heterocycles. The van der Waals surface area contributed by atoms with Gasteiger partial charge in [0.2, 0.25) is 0 Å². The van der Waals surface area contributed by atoms with Crippen LogP contribution in [0.1, 0.15) is 55.4 Å². The Morgan fingerprint density at radius 2 is 1.44 bits per heavy atom. The molecule has 0 aliphatic rings. The molecule has 0 aliphatic heterocycles. The van der Waals surface area contributed by atoms with Crippen LogP contribution in [0.4, 0.5) is 0 Å². The van der Waals surface area contributed by atoms with Gasteiger partial charge in [0.25, 0.3) is 0 Å². The minimum Gasteiger partial charge on any atom is -0.359 e. The third-order valence-electron chi connectivity index (χ3n) is 3.12. The van der Waals surface area contributed by atoms with E-state index in [2.05, 4.69) is 65.6 Å². The molecule has 0 spiro atoms. The van der Waals surface area contributed by atoms with Crippen LogP contribution in [0, 0.1) is 5.92 Å². The fraction of sp³-hybridized carbons (Fsp3) is 0.800. The summed E-state index contributed by atoms with van der Waals surface area (Å²) in [7, 11) is 0. The van der Waals surface area contributed by atoms with Crippen molar-refractivity contribution < 1.29 is 0 Å². The maximum Gasteiger partial charge on any atom is 0.169 e. The Hall–Kier alpha value is -0.570. The van der Waals surface area contributed by atoms with E-state index in [-0.39, 0.29) is 0 Å². The van der Waals surface area contributed by atoms with Gasteiger partial charge in [-0.15, -0.1) is 0 Å². The summed E-state index contributed by atoms with van der Waals surface area (Å²) in [5, 5.41) is 4.27. The number of hydrogen-bond donors (Lipinski definition) is 1. The molecule has 0 amide bonds. The minimum absolute atomic E-state index is 0.430. The fourth-order valence-corrected chi connectivity index (χ4v) is 2.78. The van der Waals surface area contributed by atoms with E-state index in [1.165, 1.54) is 11.1 Å². The van der Waals surface area contributed by atoms with Crippen molar-refractivity contribution in [2.24, 2.45) is 5.92 Å². The molecule has 0 fully saturated rings. The minimum atomic E-state index is 0.430. The first-order valence-corrected chi connectivity index (χ1v) is 7.31. The van der Waals surface area contributed by atoms with Crippen LogP contribution in [0.15, 0.2) is 11.1 Å². The van der Waals surface area contributed by atoms with E-state index in [0.29, 0.717) is 18.0 Å². The second kappa shape index (κ2) is 7.78. The standard InChI is InChI=1S/C15H30N2S/c1-10(2)14(11(3)4)9-16-15(18)17(12(5)6)13(7)8/h10,12-13H,9H2,1-8H3,(H,16,18). The van der Waals surface area contributed by atoms with Gasteiger partial charge in [0.05, 0.1) is 0 Å². The molecule has 0 rings (SSSR count). The molecule has 0 atom stereocenters. The topological polar surface area (TPSA) is 15.3 Å². The Morgan fingerprint density at radius 3 is 1.72 bits per heavy atom. The van der Waals surface area contributed by atoms with Crippen LogP contribution in [0.2, 0.25) is 0 Å². The molecule has 18 heavy (non-hydrogen) atoms. The summed E-state index contributed by atoms with van der Waals surface area (Å²) in [5.74, 6) is 0.567. The average Bonchev–Trinajstić information content (AvgIpc) is 2.14. The zero-order chi connectivity index (χ0) is 14.5. The zero-order valence-corrected chi connectivity index (χ0v) is 14.1. The third kappa shape index (κ3) is 5.38. The van der Waals surface area contributed by atoms with Gasteiger partial charge in [0.1, 0.15) is 0 Å². The molecule has 0 saturated carbocycles. The number of hydrogen-bond acceptors (Lipinski definition) is 1. The molecule has 106 valence electrons. The summed E-state index contributed by atoms with van der Waals surface area (Å²) in [6.07, 6.45) is 0. The maximum atomic E-state index is 5.51. The Kier molecular flexibility index (Phi) is 7.53. The average molecular weight is 270 g/mol. The predicted octanol–water partition coefficient (Wildman–Crippen LogP) is 3.97. The number of allylic oxidation sites excluding steroid dienone is 1. The van der Waals surface area contributed by atoms with Crippen LogP contribution in [0.5, 0.6) is 0 Å². The molecule has 0 unspecified atom stereocenters. The van der Waals surface area contributed by atoms with Crippen LogP contribution in [-0.4, -0.2) is 28.6 Å². The second-order valence-electron chi connectivity index (χ2n) is 5.93. The van der Waals surface area contributed by atoms with Crippen molar-refractivity contribution in [1.82, 2.24) is 10.2 Å². The van der Waals surface area contributed by atoms with Gasteiger partial charge in [-0.1, -0.05) is 19.4 Å². The summed E-state index contributed by atoms with van der Waals surface area (Å²) < 4.78 is 0. The molecule has 0 aromatic heterocycles. The molecule has 0 bridgehead atoms. The zero-order valence-electron chi connectivity index (χ0n) is 13.3. The summed E-state index contributed by atoms with van der Waals surface area (Å²) in [5.41, 5.74) is 2.84. The van der Waals surface area contributed by atoms with Crippen molar-refractivity contribution in [3.05, 3.63) is 11.1 Å². The van der Waals surface area contributed by atoms with E-state index >= 15 is 0 Å². The molecule has 0 aromatic rings. The lowest BCUT2D eigenvalue weighted by Gasteiger charge is -2.34. The second-order valence-corrected chi connectivity index (χ2v) is 6.32. The van der Waals surface area contributed by atoms with Gasteiger partial charge in [0.15, 0.2) is 5.11 Å². The van der Waals surface area contributed by atoms with E-state index in [1.807, 2.05) is 0 Å². The Balaban J connectivity index is 4.63. The van der Waals surface area contributed by atoms with E-state index in [1.54, 1.807) is 0 Å². The monoisotopic (exact) mass is 270 g/mol. The van der Waals surface area contributed by atoms with Crippen LogP contribution in [0.25, 0.3) is 0 Å². The normalized spacial score (nSPS) is 11.1. The number of nitrogens with zero attached hydrogens (tertiary/aromatic N) is 1. The van der Waals surface area contributed by atoms with Crippen molar-refractivity contribution in [2.75, 3.05) is 6.54 Å². The summed E-state index contributed by atoms with van der Waals surface area (Å²) in [4.78, 5) is 2.25. The number of thiocarbonyl (C=S) groups is 1. The molecule has 1 N–H and O–H groups in total. The molecule has 0 aromatic carbocycles. The highest BCUT2D eigenvalue weighted by molar-refractivity contribution is 7.80. The van der Waals surface area contributed by atoms with E-state index < -0.39 is 0 Å². The van der Waals surface area contributed by atoms with Crippen LogP contribution >= 0.6 is 12.2 Å². The highest BCUT2D eigenvalue weighted by atomic mass is 32.1. The first-order valence-electron chi connectivity index (χ1n) is 6.90. The van der Waals surface area contributed by atoms with Crippen molar-refractivity contribution in [3.8, 4) is 0 Å². The lowest BCUT2D eigenvalue weighted by molar-refractivity contribution is 0.288. The van der Waals surface area contributed by atoms with Gasteiger partial charge < -0.3 is 10.2 Å². The van der Waals surface area contributed by atoms with E-state index in [9.17, 15) is 0 Å². The molecular weight excluding hydrogens is 240 g/mol. The summed E-state index contributed by atoms with van der Waals surface area (Å²) in [6, 6.07) is 0.860. The number of nitrogens with one attached hydrogen (secondary N) is 1. The molecule has 0 aliphatic carbocycles. The SMILES string of the molecule is CC(C)=C(CNC(=S)N(C(C)C)C(C)C)C(C)C. The quantitative estimate of drug-likeness (QED) is 0.601. The maximum absolute atomic E-state index is 5.51. The van der Waals surface area contributed by atoms with E-state index in [0.717, 1.165) is 11.7 Å². The van der Waals surface area contributed by atoms with Crippen molar-refractivity contribution in [1.29, 1.82) is 0 Å². The Labute approximate surface area is 119 Å². The first-order chi connectivity index (χ1) is 8.18. The molecule has 0 saturated heterocycles. The lowest BCUT2D eigenvalue weighted by atomic mass is 9.99.